The van der Waals surface area contributed by atoms with E-state index in [1.165, 1.54) is 0 Å². The van der Waals surface area contributed by atoms with Gasteiger partial charge in [-0.3, -0.25) is 4.79 Å². The van der Waals surface area contributed by atoms with Crippen LogP contribution in [0.15, 0.2) is 0 Å². The number of carbonyl (C=O) groups excluding carboxylic acids is 1. The molecular weight excluding hydrogens is 152 g/mol. The van der Waals surface area contributed by atoms with Crippen LogP contribution in [0.5, 0.6) is 0 Å². The summed E-state index contributed by atoms with van der Waals surface area (Å²) in [6.45, 7) is 8.39. The van der Waals surface area contributed by atoms with E-state index in [0.717, 1.165) is 6.42 Å². The summed E-state index contributed by atoms with van der Waals surface area (Å²) in [5, 5.41) is 0. The van der Waals surface area contributed by atoms with Gasteiger partial charge in [0.1, 0.15) is 5.60 Å². The minimum atomic E-state index is -0.241. The van der Waals surface area contributed by atoms with Gasteiger partial charge in [0, 0.05) is 5.92 Å². The molecule has 2 heterocycles. The summed E-state index contributed by atoms with van der Waals surface area (Å²) in [4.78, 5) is 11.4. The highest BCUT2D eigenvalue weighted by molar-refractivity contribution is 5.77. The third-order valence-corrected chi connectivity index (χ3v) is 3.75. The van der Waals surface area contributed by atoms with Crippen molar-refractivity contribution >= 4 is 5.97 Å². The number of esters is 1. The van der Waals surface area contributed by atoms with Crippen LogP contribution in [0, 0.1) is 17.3 Å². The van der Waals surface area contributed by atoms with Gasteiger partial charge in [-0.15, -0.1) is 0 Å². The second-order valence-corrected chi connectivity index (χ2v) is 5.19. The Balaban J connectivity index is 2.34. The fraction of sp³-hybridized carbons (Fsp3) is 0.900. The Kier molecular flexibility index (Phi) is 1.25. The Hall–Kier alpha value is -0.530. The highest BCUT2D eigenvalue weighted by atomic mass is 16.6. The quantitative estimate of drug-likeness (QED) is 0.517. The van der Waals surface area contributed by atoms with E-state index in [4.69, 9.17) is 4.74 Å². The zero-order valence-electron chi connectivity index (χ0n) is 8.18. The van der Waals surface area contributed by atoms with Crippen molar-refractivity contribution in [2.24, 2.45) is 17.3 Å². The van der Waals surface area contributed by atoms with Gasteiger partial charge in [-0.05, 0) is 25.7 Å². The molecule has 2 heteroatoms. The predicted molar refractivity (Wildman–Crippen MR) is 45.5 cm³/mol. The van der Waals surface area contributed by atoms with E-state index < -0.39 is 0 Å². The van der Waals surface area contributed by atoms with Crippen LogP contribution in [0.3, 0.4) is 0 Å². The molecule has 0 radical (unpaired) electrons. The Morgan fingerprint density at radius 3 is 2.25 bits per heavy atom. The molecular formula is C10H16O2. The molecule has 1 saturated carbocycles. The topological polar surface area (TPSA) is 26.3 Å². The Labute approximate surface area is 73.3 Å². The number of hydrogen-bond acceptors (Lipinski definition) is 2. The van der Waals surface area contributed by atoms with Gasteiger partial charge >= 0.3 is 5.97 Å². The first kappa shape index (κ1) is 8.09. The molecule has 3 aliphatic rings. The normalized spacial score (nSPS) is 41.5. The Morgan fingerprint density at radius 1 is 1.33 bits per heavy atom. The van der Waals surface area contributed by atoms with Gasteiger partial charge in [-0.1, -0.05) is 13.8 Å². The van der Waals surface area contributed by atoms with Crippen molar-refractivity contribution in [1.82, 2.24) is 0 Å². The average molecular weight is 168 g/mol. The van der Waals surface area contributed by atoms with E-state index >= 15 is 0 Å². The SMILES string of the molecule is CC1(C)OC(=O)[C@H]2C[C@@H]1C2(C)C. The second kappa shape index (κ2) is 1.86. The number of fused-ring (bicyclic) bond motifs is 2. The van der Waals surface area contributed by atoms with E-state index in [1.807, 2.05) is 13.8 Å². The molecule has 0 aromatic carbocycles. The summed E-state index contributed by atoms with van der Waals surface area (Å²) in [6.07, 6.45) is 1.03. The maximum Gasteiger partial charge on any atom is 0.310 e. The van der Waals surface area contributed by atoms with Crippen LogP contribution in [0.2, 0.25) is 0 Å². The van der Waals surface area contributed by atoms with Crippen LogP contribution >= 0.6 is 0 Å². The molecule has 2 aliphatic heterocycles. The van der Waals surface area contributed by atoms with Crippen LogP contribution in [-0.2, 0) is 9.53 Å². The summed E-state index contributed by atoms with van der Waals surface area (Å²) in [5.41, 5.74) is -0.0752. The largest absolute Gasteiger partial charge is 0.459 e. The lowest BCUT2D eigenvalue weighted by atomic mass is 9.49. The van der Waals surface area contributed by atoms with Crippen molar-refractivity contribution in [1.29, 1.82) is 0 Å². The van der Waals surface area contributed by atoms with Crippen molar-refractivity contribution in [2.45, 2.75) is 39.7 Å². The molecule has 0 spiro atoms. The van der Waals surface area contributed by atoms with E-state index in [1.54, 1.807) is 0 Å². The maximum absolute atomic E-state index is 11.4. The van der Waals surface area contributed by atoms with Crippen molar-refractivity contribution < 1.29 is 9.53 Å². The van der Waals surface area contributed by atoms with Gasteiger partial charge in [-0.25, -0.2) is 0 Å². The van der Waals surface area contributed by atoms with Crippen molar-refractivity contribution in [3.8, 4) is 0 Å². The molecule has 2 atom stereocenters. The van der Waals surface area contributed by atoms with E-state index in [2.05, 4.69) is 13.8 Å². The lowest BCUT2D eigenvalue weighted by Gasteiger charge is -2.61. The summed E-state index contributed by atoms with van der Waals surface area (Å²) < 4.78 is 5.33. The minimum absolute atomic E-state index is 0.00694. The van der Waals surface area contributed by atoms with Gasteiger partial charge in [-0.2, -0.15) is 0 Å². The third-order valence-electron chi connectivity index (χ3n) is 3.75. The molecule has 2 nitrogen and oxygen atoms in total. The third kappa shape index (κ3) is 0.732. The van der Waals surface area contributed by atoms with E-state index in [-0.39, 0.29) is 22.9 Å². The molecule has 1 aliphatic carbocycles. The average Bonchev–Trinajstić information content (AvgIpc) is 1.81. The van der Waals surface area contributed by atoms with E-state index in [9.17, 15) is 4.79 Å². The van der Waals surface area contributed by atoms with Crippen LogP contribution in [0.4, 0.5) is 0 Å². The van der Waals surface area contributed by atoms with Crippen LogP contribution in [0.25, 0.3) is 0 Å². The van der Waals surface area contributed by atoms with Gasteiger partial charge < -0.3 is 4.74 Å². The van der Waals surface area contributed by atoms with Gasteiger partial charge in [0.05, 0.1) is 5.92 Å². The zero-order valence-corrected chi connectivity index (χ0v) is 8.18. The second-order valence-electron chi connectivity index (χ2n) is 5.19. The molecule has 0 aromatic heterocycles. The maximum atomic E-state index is 11.4. The molecule has 0 N–H and O–H groups in total. The Morgan fingerprint density at radius 2 is 1.92 bits per heavy atom. The molecule has 12 heavy (non-hydrogen) atoms. The van der Waals surface area contributed by atoms with Crippen LogP contribution < -0.4 is 0 Å². The predicted octanol–water partition coefficient (Wildman–Crippen LogP) is 1.98. The summed E-state index contributed by atoms with van der Waals surface area (Å²) >= 11 is 0. The Bertz CT molecular complexity index is 232. The fourth-order valence-electron chi connectivity index (χ4n) is 2.91. The van der Waals surface area contributed by atoms with Gasteiger partial charge in [0.15, 0.2) is 0 Å². The fourth-order valence-corrected chi connectivity index (χ4v) is 2.91. The van der Waals surface area contributed by atoms with Crippen LogP contribution in [0.1, 0.15) is 34.1 Å². The molecule has 3 fully saturated rings. The molecule has 2 bridgehead atoms. The first-order valence-electron chi connectivity index (χ1n) is 4.58. The first-order chi connectivity index (χ1) is 5.36. The molecule has 2 saturated heterocycles. The number of rotatable bonds is 0. The van der Waals surface area contributed by atoms with Crippen molar-refractivity contribution in [3.05, 3.63) is 0 Å². The molecule has 3 rings (SSSR count). The lowest BCUT2D eigenvalue weighted by Crippen LogP contribution is -2.64. The summed E-state index contributed by atoms with van der Waals surface area (Å²) in [5.74, 6) is 0.718. The zero-order chi connectivity index (χ0) is 9.15. The molecule has 68 valence electrons. The number of carbonyl (C=O) groups is 1. The van der Waals surface area contributed by atoms with Gasteiger partial charge in [0.2, 0.25) is 0 Å². The molecule has 0 amide bonds. The number of hydrogen-bond donors (Lipinski definition) is 0. The van der Waals surface area contributed by atoms with Gasteiger partial charge in [0.25, 0.3) is 0 Å². The van der Waals surface area contributed by atoms with Crippen molar-refractivity contribution in [3.63, 3.8) is 0 Å². The van der Waals surface area contributed by atoms with Crippen molar-refractivity contribution in [2.75, 3.05) is 0 Å². The molecule has 0 unspecified atom stereocenters. The smallest absolute Gasteiger partial charge is 0.310 e. The summed E-state index contributed by atoms with van der Waals surface area (Å²) in [6, 6.07) is 0. The highest BCUT2D eigenvalue weighted by Crippen LogP contribution is 2.60. The minimum Gasteiger partial charge on any atom is -0.459 e. The highest BCUT2D eigenvalue weighted by Gasteiger charge is 2.63. The lowest BCUT2D eigenvalue weighted by molar-refractivity contribution is -0.237. The monoisotopic (exact) mass is 168 g/mol. The summed E-state index contributed by atoms with van der Waals surface area (Å²) in [7, 11) is 0. The first-order valence-corrected chi connectivity index (χ1v) is 4.58. The standard InChI is InChI=1S/C10H16O2/c1-9(2)6-5-7(9)10(3,4)12-8(6)11/h6-7H,5H2,1-4H3/t6-,7-/m1/s1. The molecule has 0 aromatic rings. The van der Waals surface area contributed by atoms with E-state index in [0.29, 0.717) is 5.92 Å². The van der Waals surface area contributed by atoms with Crippen LogP contribution in [-0.4, -0.2) is 11.6 Å². The number of ether oxygens (including phenoxy) is 1.